The van der Waals surface area contributed by atoms with Gasteiger partial charge < -0.3 is 9.84 Å². The highest BCUT2D eigenvalue weighted by Crippen LogP contribution is 2.40. The van der Waals surface area contributed by atoms with Gasteiger partial charge in [-0.2, -0.15) is 0 Å². The van der Waals surface area contributed by atoms with Gasteiger partial charge in [0, 0.05) is 17.0 Å². The highest BCUT2D eigenvalue weighted by atomic mass is 32.2. The van der Waals surface area contributed by atoms with E-state index in [1.54, 1.807) is 16.6 Å². The van der Waals surface area contributed by atoms with Crippen LogP contribution in [0.25, 0.3) is 28.7 Å². The summed E-state index contributed by atoms with van der Waals surface area (Å²) in [5, 5.41) is 16.1. The summed E-state index contributed by atoms with van der Waals surface area (Å²) in [6, 6.07) is 35.6. The van der Waals surface area contributed by atoms with Crippen molar-refractivity contribution in [3.63, 3.8) is 0 Å². The fraction of sp³-hybridized carbons (Fsp3) is 0.0588. The predicted molar refractivity (Wildman–Crippen MR) is 165 cm³/mol. The van der Waals surface area contributed by atoms with Crippen LogP contribution in [-0.2, 0) is 9.53 Å². The van der Waals surface area contributed by atoms with Gasteiger partial charge in [0.25, 0.3) is 0 Å². The van der Waals surface area contributed by atoms with E-state index in [0.29, 0.717) is 16.7 Å². The van der Waals surface area contributed by atoms with E-state index in [2.05, 4.69) is 0 Å². The molecule has 1 aliphatic rings. The normalized spacial score (nSPS) is 15.8. The fourth-order valence-corrected chi connectivity index (χ4v) is 6.10. The fourth-order valence-electron chi connectivity index (χ4n) is 5.01. The zero-order chi connectivity index (χ0) is 28.5. The van der Waals surface area contributed by atoms with Crippen LogP contribution in [0.3, 0.4) is 0 Å². The maximum Gasteiger partial charge on any atom is 0.339 e. The van der Waals surface area contributed by atoms with Gasteiger partial charge in [-0.1, -0.05) is 103 Å². The van der Waals surface area contributed by atoms with Crippen molar-refractivity contribution < 1.29 is 14.6 Å². The summed E-state index contributed by atoms with van der Waals surface area (Å²) >= 11 is 1.36. The number of ether oxygens (including phenoxy) is 1. The molecule has 0 saturated heterocycles. The number of aliphatic imine (C=N–C) groups is 1. The van der Waals surface area contributed by atoms with E-state index in [1.165, 1.54) is 11.8 Å². The van der Waals surface area contributed by atoms with Crippen LogP contribution in [0.2, 0.25) is 0 Å². The largest absolute Gasteiger partial charge is 0.508 e. The SMILES string of the molecule is O=C1OC(c2ccccc2)=NC1C(Sc1nc2cc(/C=C/c3ccccc3)c3ccc(O)cc3n2n1)c1ccccc1. The predicted octanol–water partition coefficient (Wildman–Crippen LogP) is 6.96. The molecule has 1 aliphatic heterocycles. The summed E-state index contributed by atoms with van der Waals surface area (Å²) in [5.74, 6) is 0.0328. The van der Waals surface area contributed by atoms with Gasteiger partial charge in [0.1, 0.15) is 5.75 Å². The molecule has 0 aliphatic carbocycles. The van der Waals surface area contributed by atoms with Crippen molar-refractivity contribution in [2.24, 2.45) is 4.99 Å². The Morgan fingerprint density at radius 3 is 2.33 bits per heavy atom. The molecule has 2 unspecified atom stereocenters. The molecule has 4 aromatic carbocycles. The molecule has 2 aromatic heterocycles. The van der Waals surface area contributed by atoms with Gasteiger partial charge in [0.2, 0.25) is 11.1 Å². The maximum atomic E-state index is 13.1. The molecule has 8 heteroatoms. The van der Waals surface area contributed by atoms with Gasteiger partial charge in [-0.05, 0) is 47.0 Å². The number of fused-ring (bicyclic) bond motifs is 3. The lowest BCUT2D eigenvalue weighted by molar-refractivity contribution is -0.134. The number of rotatable bonds is 7. The number of pyridine rings is 1. The Morgan fingerprint density at radius 2 is 1.57 bits per heavy atom. The average molecular weight is 569 g/mol. The van der Waals surface area contributed by atoms with Crippen molar-refractivity contribution in [1.82, 2.24) is 14.6 Å². The maximum absolute atomic E-state index is 13.1. The van der Waals surface area contributed by atoms with E-state index < -0.39 is 17.3 Å². The number of nitrogens with zero attached hydrogens (tertiary/aromatic N) is 4. The Morgan fingerprint density at radius 1 is 0.857 bits per heavy atom. The molecular formula is C34H24N4O3S. The van der Waals surface area contributed by atoms with Gasteiger partial charge in [0.05, 0.1) is 10.8 Å². The second kappa shape index (κ2) is 11.0. The zero-order valence-corrected chi connectivity index (χ0v) is 23.1. The summed E-state index contributed by atoms with van der Waals surface area (Å²) in [6.45, 7) is 0. The summed E-state index contributed by atoms with van der Waals surface area (Å²) in [7, 11) is 0. The van der Waals surface area contributed by atoms with Crippen molar-refractivity contribution in [3.05, 3.63) is 138 Å². The lowest BCUT2D eigenvalue weighted by Gasteiger charge is -2.17. The minimum atomic E-state index is -0.774. The Labute approximate surface area is 245 Å². The van der Waals surface area contributed by atoms with E-state index >= 15 is 0 Å². The number of benzene rings is 4. The molecule has 0 radical (unpaired) electrons. The van der Waals surface area contributed by atoms with E-state index in [-0.39, 0.29) is 5.75 Å². The molecule has 0 saturated carbocycles. The number of hydrogen-bond donors (Lipinski definition) is 1. The molecule has 6 aromatic rings. The van der Waals surface area contributed by atoms with Crippen LogP contribution in [0.15, 0.2) is 125 Å². The molecule has 0 fully saturated rings. The Balaban J connectivity index is 1.30. The van der Waals surface area contributed by atoms with E-state index in [9.17, 15) is 9.90 Å². The Bertz CT molecular complexity index is 1970. The second-order valence-electron chi connectivity index (χ2n) is 9.82. The third-order valence-electron chi connectivity index (χ3n) is 7.04. The number of phenols is 1. The molecule has 0 amide bonds. The second-order valence-corrected chi connectivity index (χ2v) is 10.9. The van der Waals surface area contributed by atoms with Crippen molar-refractivity contribution in [2.75, 3.05) is 0 Å². The average Bonchev–Trinajstić information content (AvgIpc) is 3.63. The topological polar surface area (TPSA) is 89.1 Å². The Hall–Kier alpha value is -5.21. The van der Waals surface area contributed by atoms with E-state index in [4.69, 9.17) is 19.8 Å². The van der Waals surface area contributed by atoms with Crippen LogP contribution < -0.4 is 0 Å². The minimum absolute atomic E-state index is 0.135. The first-order valence-corrected chi connectivity index (χ1v) is 14.3. The molecule has 204 valence electrons. The van der Waals surface area contributed by atoms with E-state index in [0.717, 1.165) is 33.2 Å². The van der Waals surface area contributed by atoms with Crippen LogP contribution >= 0.6 is 11.8 Å². The third-order valence-corrected chi connectivity index (χ3v) is 8.20. The van der Waals surface area contributed by atoms with Gasteiger partial charge >= 0.3 is 5.97 Å². The molecule has 7 rings (SSSR count). The quantitative estimate of drug-likeness (QED) is 0.165. The molecule has 2 atom stereocenters. The molecule has 1 N–H and O–H groups in total. The lowest BCUT2D eigenvalue weighted by Crippen LogP contribution is -2.22. The number of hydrogen-bond acceptors (Lipinski definition) is 7. The monoisotopic (exact) mass is 568 g/mol. The zero-order valence-electron chi connectivity index (χ0n) is 22.2. The first kappa shape index (κ1) is 25.7. The van der Waals surface area contributed by atoms with E-state index in [1.807, 2.05) is 115 Å². The number of aromatic nitrogens is 3. The van der Waals surface area contributed by atoms with Gasteiger partial charge in [-0.3, -0.25) is 0 Å². The molecule has 0 spiro atoms. The third kappa shape index (κ3) is 5.04. The summed E-state index contributed by atoms with van der Waals surface area (Å²) in [5.41, 5.74) is 5.03. The number of phenolic OH excluding ortho intramolecular Hbond substituents is 1. The van der Waals surface area contributed by atoms with Crippen LogP contribution in [0, 0.1) is 0 Å². The number of cyclic esters (lactones) is 1. The summed E-state index contributed by atoms with van der Waals surface area (Å²) in [4.78, 5) is 22.7. The molecule has 0 bridgehead atoms. The summed E-state index contributed by atoms with van der Waals surface area (Å²) in [6.07, 6.45) is 4.08. The number of carbonyl (C=O) groups excluding carboxylic acids is 1. The van der Waals surface area contributed by atoms with Gasteiger partial charge in [0.15, 0.2) is 11.7 Å². The van der Waals surface area contributed by atoms with Crippen LogP contribution in [0.1, 0.15) is 27.5 Å². The molecular weight excluding hydrogens is 544 g/mol. The Kier molecular flexibility index (Phi) is 6.73. The molecule has 7 nitrogen and oxygen atoms in total. The standard InChI is InChI=1S/C34H24N4O3S/c39-26-18-19-27-25(17-16-22-10-4-1-5-11-22)20-29-35-34(37-38(29)28(27)21-26)42-31(23-12-6-2-7-13-23)30-33(40)41-32(36-30)24-14-8-3-9-15-24/h1-21,30-31,39H/b17-16+. The first-order valence-electron chi connectivity index (χ1n) is 13.4. The highest BCUT2D eigenvalue weighted by molar-refractivity contribution is 7.99. The van der Waals surface area contributed by atoms with Gasteiger partial charge in [-0.25, -0.2) is 19.3 Å². The molecule has 42 heavy (non-hydrogen) atoms. The number of esters is 1. The molecule has 3 heterocycles. The van der Waals surface area contributed by atoms with Crippen LogP contribution in [0.4, 0.5) is 0 Å². The van der Waals surface area contributed by atoms with Crippen molar-refractivity contribution in [2.45, 2.75) is 16.4 Å². The van der Waals surface area contributed by atoms with Crippen molar-refractivity contribution >= 4 is 52.3 Å². The minimum Gasteiger partial charge on any atom is -0.508 e. The highest BCUT2D eigenvalue weighted by Gasteiger charge is 2.38. The smallest absolute Gasteiger partial charge is 0.339 e. The van der Waals surface area contributed by atoms with Crippen molar-refractivity contribution in [3.8, 4) is 5.75 Å². The number of thioether (sulfide) groups is 1. The number of carbonyl (C=O) groups is 1. The summed E-state index contributed by atoms with van der Waals surface area (Å²) < 4.78 is 7.35. The van der Waals surface area contributed by atoms with Crippen LogP contribution in [0.5, 0.6) is 5.75 Å². The van der Waals surface area contributed by atoms with Crippen LogP contribution in [-0.4, -0.2) is 37.6 Å². The number of aromatic hydroxyl groups is 1. The van der Waals surface area contributed by atoms with Crippen molar-refractivity contribution in [1.29, 1.82) is 0 Å². The van der Waals surface area contributed by atoms with Gasteiger partial charge in [-0.15, -0.1) is 5.10 Å². The lowest BCUT2D eigenvalue weighted by atomic mass is 10.1. The first-order chi connectivity index (χ1) is 20.6.